The summed E-state index contributed by atoms with van der Waals surface area (Å²) in [6.07, 6.45) is -2.98. The Kier molecular flexibility index (Phi) is 7.12. The molecule has 0 amide bonds. The van der Waals surface area contributed by atoms with Gasteiger partial charge in [-0.3, -0.25) is 0 Å². The van der Waals surface area contributed by atoms with E-state index in [0.29, 0.717) is 17.0 Å². The van der Waals surface area contributed by atoms with Crippen molar-refractivity contribution < 1.29 is 27.8 Å². The van der Waals surface area contributed by atoms with Gasteiger partial charge in [0.25, 0.3) is 0 Å². The van der Waals surface area contributed by atoms with Crippen LogP contribution in [0.25, 0.3) is 0 Å². The Balaban J connectivity index is 1.99. The second-order valence-corrected chi connectivity index (χ2v) is 8.68. The first-order valence-electron chi connectivity index (χ1n) is 9.75. The zero-order chi connectivity index (χ0) is 23.5. The lowest BCUT2D eigenvalue weighted by Gasteiger charge is -2.19. The molecule has 32 heavy (non-hydrogen) atoms. The Morgan fingerprint density at radius 2 is 1.97 bits per heavy atom. The average molecular weight is 465 g/mol. The zero-order valence-corrected chi connectivity index (χ0v) is 18.4. The normalized spacial score (nSPS) is 12.7. The van der Waals surface area contributed by atoms with Crippen LogP contribution in [-0.4, -0.2) is 33.1 Å². The van der Waals surface area contributed by atoms with Gasteiger partial charge >= 0.3 is 12.1 Å². The lowest BCUT2D eigenvalue weighted by Crippen LogP contribution is -2.11. The van der Waals surface area contributed by atoms with E-state index >= 15 is 0 Å². The fraction of sp³-hybridized carbons (Fsp3) is 0.318. The van der Waals surface area contributed by atoms with Crippen molar-refractivity contribution in [3.05, 3.63) is 70.5 Å². The van der Waals surface area contributed by atoms with E-state index in [0.717, 1.165) is 16.5 Å². The van der Waals surface area contributed by atoms with Crippen LogP contribution in [0.3, 0.4) is 0 Å². The molecule has 2 N–H and O–H groups in total. The SMILES string of the molecule is Cc1ccc(C(Sc2ccc(OCC(=O)O)c(C(C)C)c2)c2cn[nH]n2)cc1C(F)(F)F. The minimum Gasteiger partial charge on any atom is -0.482 e. The van der Waals surface area contributed by atoms with Crippen LogP contribution in [0.1, 0.15) is 53.0 Å². The maximum Gasteiger partial charge on any atom is 0.416 e. The number of halogens is 3. The number of benzene rings is 2. The maximum absolute atomic E-state index is 13.5. The van der Waals surface area contributed by atoms with Crippen LogP contribution in [0.4, 0.5) is 13.2 Å². The second-order valence-electron chi connectivity index (χ2n) is 7.50. The molecule has 170 valence electrons. The first kappa shape index (κ1) is 23.6. The van der Waals surface area contributed by atoms with Gasteiger partial charge in [0.2, 0.25) is 0 Å². The van der Waals surface area contributed by atoms with Crippen molar-refractivity contribution >= 4 is 17.7 Å². The van der Waals surface area contributed by atoms with Crippen LogP contribution in [0.15, 0.2) is 47.5 Å². The number of aryl methyl sites for hydroxylation is 1. The van der Waals surface area contributed by atoms with E-state index in [2.05, 4.69) is 15.4 Å². The van der Waals surface area contributed by atoms with Gasteiger partial charge in [0, 0.05) is 4.90 Å². The van der Waals surface area contributed by atoms with Crippen LogP contribution in [0.2, 0.25) is 0 Å². The summed E-state index contributed by atoms with van der Waals surface area (Å²) in [6, 6.07) is 9.54. The van der Waals surface area contributed by atoms with Crippen LogP contribution in [0, 0.1) is 6.92 Å². The van der Waals surface area contributed by atoms with Crippen molar-refractivity contribution in [2.75, 3.05) is 6.61 Å². The van der Waals surface area contributed by atoms with Gasteiger partial charge in [0.1, 0.15) is 11.4 Å². The molecule has 10 heteroatoms. The highest BCUT2D eigenvalue weighted by Crippen LogP contribution is 2.43. The Bertz CT molecular complexity index is 1090. The lowest BCUT2D eigenvalue weighted by atomic mass is 10.0. The molecule has 3 rings (SSSR count). The number of ether oxygens (including phenoxy) is 1. The average Bonchev–Trinajstić information content (AvgIpc) is 3.25. The summed E-state index contributed by atoms with van der Waals surface area (Å²) in [7, 11) is 0. The molecule has 2 aromatic carbocycles. The van der Waals surface area contributed by atoms with Gasteiger partial charge in [-0.25, -0.2) is 4.79 Å². The number of hydrogen-bond acceptors (Lipinski definition) is 5. The van der Waals surface area contributed by atoms with Gasteiger partial charge < -0.3 is 9.84 Å². The summed E-state index contributed by atoms with van der Waals surface area (Å²) in [5, 5.41) is 18.8. The first-order valence-corrected chi connectivity index (χ1v) is 10.6. The number of nitrogens with zero attached hydrogens (tertiary/aromatic N) is 2. The number of alkyl halides is 3. The van der Waals surface area contributed by atoms with Gasteiger partial charge in [0.15, 0.2) is 6.61 Å². The van der Waals surface area contributed by atoms with E-state index in [1.165, 1.54) is 30.9 Å². The Labute approximate surface area is 187 Å². The standard InChI is InChI=1S/C22H22F3N3O3S/c1-12(2)16-9-15(6-7-19(16)31-11-20(29)30)32-21(18-10-26-28-27-18)14-5-4-13(3)17(8-14)22(23,24)25/h4-10,12,21H,11H2,1-3H3,(H,29,30)(H,26,27,28). The third kappa shape index (κ3) is 5.61. The fourth-order valence-electron chi connectivity index (χ4n) is 3.20. The zero-order valence-electron chi connectivity index (χ0n) is 17.6. The monoisotopic (exact) mass is 465 g/mol. The smallest absolute Gasteiger partial charge is 0.416 e. The number of carboxylic acids is 1. The maximum atomic E-state index is 13.5. The number of H-pyrrole nitrogens is 1. The molecule has 1 unspecified atom stereocenters. The highest BCUT2D eigenvalue weighted by molar-refractivity contribution is 7.99. The molecule has 1 aromatic heterocycles. The molecule has 0 radical (unpaired) electrons. The van der Waals surface area contributed by atoms with Gasteiger partial charge in [0.05, 0.1) is 17.0 Å². The fourth-order valence-corrected chi connectivity index (χ4v) is 4.33. The number of carbonyl (C=O) groups is 1. The van der Waals surface area contributed by atoms with Crippen molar-refractivity contribution in [2.45, 2.75) is 43.0 Å². The third-order valence-electron chi connectivity index (χ3n) is 4.78. The molecule has 0 bridgehead atoms. The predicted octanol–water partition coefficient (Wildman–Crippen LogP) is 5.60. The molecular weight excluding hydrogens is 443 g/mol. The highest BCUT2D eigenvalue weighted by atomic mass is 32.2. The minimum absolute atomic E-state index is 0.0426. The van der Waals surface area contributed by atoms with Crippen LogP contribution >= 0.6 is 11.8 Å². The van der Waals surface area contributed by atoms with E-state index in [1.54, 1.807) is 18.2 Å². The number of aromatic amines is 1. The van der Waals surface area contributed by atoms with Gasteiger partial charge in [-0.1, -0.05) is 26.0 Å². The predicted molar refractivity (Wildman–Crippen MR) is 114 cm³/mol. The van der Waals surface area contributed by atoms with Gasteiger partial charge in [-0.15, -0.1) is 11.8 Å². The molecule has 1 atom stereocenters. The summed E-state index contributed by atoms with van der Waals surface area (Å²) in [5.74, 6) is -0.579. The summed E-state index contributed by atoms with van der Waals surface area (Å²) < 4.78 is 45.8. The number of hydrogen-bond donors (Lipinski definition) is 2. The topological polar surface area (TPSA) is 88.1 Å². The van der Waals surface area contributed by atoms with Crippen molar-refractivity contribution in [3.63, 3.8) is 0 Å². The van der Waals surface area contributed by atoms with Crippen molar-refractivity contribution in [3.8, 4) is 5.75 Å². The molecule has 0 saturated carbocycles. The summed E-state index contributed by atoms with van der Waals surface area (Å²) in [5.41, 5.74) is 1.19. The number of aliphatic carboxylic acids is 1. The summed E-state index contributed by atoms with van der Waals surface area (Å²) >= 11 is 1.33. The van der Waals surface area contributed by atoms with Crippen molar-refractivity contribution in [1.29, 1.82) is 0 Å². The summed E-state index contributed by atoms with van der Waals surface area (Å²) in [6.45, 7) is 4.86. The number of nitrogens with one attached hydrogen (secondary N) is 1. The molecule has 0 aliphatic carbocycles. The van der Waals surface area contributed by atoms with E-state index < -0.39 is 29.6 Å². The minimum atomic E-state index is -4.47. The Hall–Kier alpha value is -3.01. The molecule has 6 nitrogen and oxygen atoms in total. The number of carboxylic acid groups (broad SMARTS) is 1. The number of thioether (sulfide) groups is 1. The van der Waals surface area contributed by atoms with E-state index in [9.17, 15) is 18.0 Å². The Morgan fingerprint density at radius 3 is 2.56 bits per heavy atom. The van der Waals surface area contributed by atoms with Gasteiger partial charge in [-0.2, -0.15) is 28.6 Å². The molecule has 0 fully saturated rings. The quantitative estimate of drug-likeness (QED) is 0.421. The molecule has 0 aliphatic rings. The van der Waals surface area contributed by atoms with E-state index in [-0.39, 0.29) is 11.5 Å². The molecule has 0 saturated heterocycles. The molecular formula is C22H22F3N3O3S. The Morgan fingerprint density at radius 1 is 1.22 bits per heavy atom. The number of rotatable bonds is 8. The molecule has 0 spiro atoms. The van der Waals surface area contributed by atoms with E-state index in [1.807, 2.05) is 19.9 Å². The highest BCUT2D eigenvalue weighted by Gasteiger charge is 2.33. The van der Waals surface area contributed by atoms with Crippen LogP contribution in [-0.2, 0) is 11.0 Å². The second kappa shape index (κ2) is 9.64. The lowest BCUT2D eigenvalue weighted by molar-refractivity contribution is -0.139. The van der Waals surface area contributed by atoms with Crippen molar-refractivity contribution in [2.24, 2.45) is 0 Å². The van der Waals surface area contributed by atoms with E-state index in [4.69, 9.17) is 9.84 Å². The molecule has 1 heterocycles. The van der Waals surface area contributed by atoms with Gasteiger partial charge in [-0.05, 0) is 53.8 Å². The molecule has 3 aromatic rings. The van der Waals surface area contributed by atoms with Crippen molar-refractivity contribution in [1.82, 2.24) is 15.4 Å². The molecule has 0 aliphatic heterocycles. The van der Waals surface area contributed by atoms with Crippen LogP contribution in [0.5, 0.6) is 5.75 Å². The van der Waals surface area contributed by atoms with Crippen LogP contribution < -0.4 is 4.74 Å². The summed E-state index contributed by atoms with van der Waals surface area (Å²) in [4.78, 5) is 11.6. The third-order valence-corrected chi connectivity index (χ3v) is 6.06. The first-order chi connectivity index (χ1) is 15.1. The number of aromatic nitrogens is 3. The largest absolute Gasteiger partial charge is 0.482 e.